The number of hydrogen-bond donors (Lipinski definition) is 1. The van der Waals surface area contributed by atoms with E-state index in [2.05, 4.69) is 5.32 Å². The van der Waals surface area contributed by atoms with Gasteiger partial charge in [-0.2, -0.15) is 0 Å². The van der Waals surface area contributed by atoms with Gasteiger partial charge in [0.15, 0.2) is 5.16 Å². The molecule has 0 saturated carbocycles. The van der Waals surface area contributed by atoms with Crippen LogP contribution in [0.2, 0.25) is 5.02 Å². The minimum Gasteiger partial charge on any atom is -0.324 e. The Balaban J connectivity index is 1.69. The van der Waals surface area contributed by atoms with Crippen molar-refractivity contribution in [3.05, 3.63) is 92.7 Å². The summed E-state index contributed by atoms with van der Waals surface area (Å²) in [4.78, 5) is 30.7. The van der Waals surface area contributed by atoms with Gasteiger partial charge in [-0.1, -0.05) is 59.3 Å². The number of thioether (sulfide) groups is 1. The summed E-state index contributed by atoms with van der Waals surface area (Å²) < 4.78 is 1.59. The van der Waals surface area contributed by atoms with Gasteiger partial charge in [0, 0.05) is 0 Å². The van der Waals surface area contributed by atoms with Crippen molar-refractivity contribution in [1.82, 2.24) is 9.55 Å². The second-order valence-electron chi connectivity index (χ2n) is 7.66. The molecule has 0 spiro atoms. The maximum atomic E-state index is 13.4. The number of anilines is 1. The summed E-state index contributed by atoms with van der Waals surface area (Å²) in [5.74, 6) is -0.143. The lowest BCUT2D eigenvalue weighted by Gasteiger charge is -2.15. The van der Waals surface area contributed by atoms with Gasteiger partial charge in [0.25, 0.3) is 5.56 Å². The Morgan fingerprint density at radius 2 is 1.75 bits per heavy atom. The molecule has 0 radical (unpaired) electrons. The van der Waals surface area contributed by atoms with Crippen LogP contribution in [0.1, 0.15) is 16.7 Å². The molecular formula is C25H22ClN3O2S. The summed E-state index contributed by atoms with van der Waals surface area (Å²) in [6.07, 6.45) is 0. The minimum atomic E-state index is -0.227. The zero-order chi connectivity index (χ0) is 22.8. The predicted molar refractivity (Wildman–Crippen MR) is 132 cm³/mol. The molecule has 32 heavy (non-hydrogen) atoms. The van der Waals surface area contributed by atoms with Crippen molar-refractivity contribution in [1.29, 1.82) is 0 Å². The Bertz CT molecular complexity index is 1400. The summed E-state index contributed by atoms with van der Waals surface area (Å²) in [7, 11) is 0. The summed E-state index contributed by atoms with van der Waals surface area (Å²) in [5, 5.41) is 4.31. The van der Waals surface area contributed by atoms with Gasteiger partial charge in [0.2, 0.25) is 5.91 Å². The largest absolute Gasteiger partial charge is 0.324 e. The predicted octanol–water partition coefficient (Wildman–Crippen LogP) is 5.70. The second kappa shape index (κ2) is 9.18. The third-order valence-electron chi connectivity index (χ3n) is 5.07. The molecule has 5 nitrogen and oxygen atoms in total. The first-order valence-corrected chi connectivity index (χ1v) is 11.5. The van der Waals surface area contributed by atoms with Crippen LogP contribution in [0, 0.1) is 20.8 Å². The van der Waals surface area contributed by atoms with Crippen LogP contribution in [0.25, 0.3) is 16.6 Å². The fourth-order valence-electron chi connectivity index (χ4n) is 3.52. The van der Waals surface area contributed by atoms with Gasteiger partial charge in [-0.3, -0.25) is 14.2 Å². The molecule has 3 aromatic carbocycles. The topological polar surface area (TPSA) is 64.0 Å². The molecule has 0 aliphatic rings. The van der Waals surface area contributed by atoms with Crippen LogP contribution in [-0.4, -0.2) is 21.2 Å². The lowest BCUT2D eigenvalue weighted by atomic mass is 10.1. The highest BCUT2D eigenvalue weighted by Crippen LogP contribution is 2.26. The molecule has 0 aliphatic carbocycles. The normalized spacial score (nSPS) is 11.0. The molecule has 1 heterocycles. The second-order valence-corrected chi connectivity index (χ2v) is 9.01. The Labute approximate surface area is 195 Å². The lowest BCUT2D eigenvalue weighted by Crippen LogP contribution is -2.23. The van der Waals surface area contributed by atoms with Gasteiger partial charge in [0.05, 0.1) is 33.1 Å². The van der Waals surface area contributed by atoms with E-state index in [-0.39, 0.29) is 17.2 Å². The lowest BCUT2D eigenvalue weighted by molar-refractivity contribution is -0.113. The van der Waals surface area contributed by atoms with Crippen LogP contribution in [-0.2, 0) is 4.79 Å². The molecule has 162 valence electrons. The van der Waals surface area contributed by atoms with E-state index in [9.17, 15) is 9.59 Å². The van der Waals surface area contributed by atoms with E-state index in [1.165, 1.54) is 11.8 Å². The standard InChI is InChI=1S/C25H22ClN3O2S/c1-15-9-11-22(17(3)12-15)29-24(31)18-6-4-5-7-20(18)28-25(29)32-14-23(30)27-21-10-8-16(2)13-19(21)26/h4-13H,14H2,1-3H3,(H,27,30). The van der Waals surface area contributed by atoms with Crippen molar-refractivity contribution in [3.63, 3.8) is 0 Å². The van der Waals surface area contributed by atoms with Gasteiger partial charge in [0.1, 0.15) is 0 Å². The van der Waals surface area contributed by atoms with Crippen molar-refractivity contribution in [2.75, 3.05) is 11.1 Å². The average Bonchev–Trinajstić information content (AvgIpc) is 2.75. The van der Waals surface area contributed by atoms with E-state index in [1.54, 1.807) is 28.8 Å². The van der Waals surface area contributed by atoms with E-state index < -0.39 is 0 Å². The average molecular weight is 464 g/mol. The van der Waals surface area contributed by atoms with Crippen LogP contribution in [0.15, 0.2) is 70.6 Å². The minimum absolute atomic E-state index is 0.0832. The number of aromatic nitrogens is 2. The highest BCUT2D eigenvalue weighted by molar-refractivity contribution is 7.99. The maximum absolute atomic E-state index is 13.4. The van der Waals surface area contributed by atoms with Gasteiger partial charge in [-0.05, 0) is 62.2 Å². The first-order valence-electron chi connectivity index (χ1n) is 10.1. The number of aryl methyl sites for hydroxylation is 3. The molecule has 7 heteroatoms. The summed E-state index contributed by atoms with van der Waals surface area (Å²) in [6.45, 7) is 5.91. The van der Waals surface area contributed by atoms with Crippen LogP contribution in [0.5, 0.6) is 0 Å². The van der Waals surface area contributed by atoms with Gasteiger partial charge < -0.3 is 5.32 Å². The van der Waals surface area contributed by atoms with Gasteiger partial charge >= 0.3 is 0 Å². The summed E-state index contributed by atoms with van der Waals surface area (Å²) in [6, 6.07) is 18.6. The number of para-hydroxylation sites is 1. The molecule has 0 aliphatic heterocycles. The van der Waals surface area contributed by atoms with Crippen molar-refractivity contribution < 1.29 is 4.79 Å². The van der Waals surface area contributed by atoms with E-state index in [0.717, 1.165) is 22.4 Å². The van der Waals surface area contributed by atoms with Crippen molar-refractivity contribution in [3.8, 4) is 5.69 Å². The van der Waals surface area contributed by atoms with E-state index >= 15 is 0 Å². The fourth-order valence-corrected chi connectivity index (χ4v) is 4.60. The zero-order valence-electron chi connectivity index (χ0n) is 18.0. The van der Waals surface area contributed by atoms with E-state index in [1.807, 2.05) is 57.2 Å². The Hall–Kier alpha value is -3.09. The van der Waals surface area contributed by atoms with Gasteiger partial charge in [-0.15, -0.1) is 0 Å². The number of nitrogens with one attached hydrogen (secondary N) is 1. The number of halogens is 1. The smallest absolute Gasteiger partial charge is 0.266 e. The number of nitrogens with zero attached hydrogens (tertiary/aromatic N) is 2. The molecule has 0 fully saturated rings. The Morgan fingerprint density at radius 1 is 1.03 bits per heavy atom. The Morgan fingerprint density at radius 3 is 2.50 bits per heavy atom. The number of hydrogen-bond acceptors (Lipinski definition) is 4. The molecule has 1 amide bonds. The van der Waals surface area contributed by atoms with Crippen molar-refractivity contribution in [2.45, 2.75) is 25.9 Å². The third-order valence-corrected chi connectivity index (χ3v) is 6.32. The van der Waals surface area contributed by atoms with E-state index in [0.29, 0.717) is 26.8 Å². The highest BCUT2D eigenvalue weighted by Gasteiger charge is 2.16. The molecule has 0 bridgehead atoms. The van der Waals surface area contributed by atoms with Gasteiger partial charge in [-0.25, -0.2) is 4.98 Å². The quantitative estimate of drug-likeness (QED) is 0.305. The highest BCUT2D eigenvalue weighted by atomic mass is 35.5. The van der Waals surface area contributed by atoms with Crippen LogP contribution in [0.4, 0.5) is 5.69 Å². The zero-order valence-corrected chi connectivity index (χ0v) is 19.6. The maximum Gasteiger partial charge on any atom is 0.266 e. The number of carbonyl (C=O) groups excluding carboxylic acids is 1. The number of rotatable bonds is 5. The monoisotopic (exact) mass is 463 g/mol. The first-order chi connectivity index (χ1) is 15.3. The number of fused-ring (bicyclic) bond motifs is 1. The summed E-state index contributed by atoms with van der Waals surface area (Å²) in [5.41, 5.74) is 4.83. The molecule has 4 aromatic rings. The molecule has 4 rings (SSSR count). The number of amides is 1. The SMILES string of the molecule is Cc1ccc(-n2c(SCC(=O)Nc3ccc(C)cc3Cl)nc3ccccc3c2=O)c(C)c1. The fraction of sp³-hybridized carbons (Fsp3) is 0.160. The number of benzene rings is 3. The Kier molecular flexibility index (Phi) is 6.35. The number of carbonyl (C=O) groups is 1. The summed E-state index contributed by atoms with van der Waals surface area (Å²) >= 11 is 7.45. The van der Waals surface area contributed by atoms with Crippen molar-refractivity contribution >= 4 is 45.9 Å². The van der Waals surface area contributed by atoms with E-state index in [4.69, 9.17) is 16.6 Å². The van der Waals surface area contributed by atoms with Crippen LogP contribution < -0.4 is 10.9 Å². The molecule has 0 saturated heterocycles. The first kappa shape index (κ1) is 22.1. The molecule has 0 unspecified atom stereocenters. The molecular weight excluding hydrogens is 442 g/mol. The van der Waals surface area contributed by atoms with Crippen molar-refractivity contribution in [2.24, 2.45) is 0 Å². The molecule has 1 N–H and O–H groups in total. The van der Waals surface area contributed by atoms with Crippen LogP contribution >= 0.6 is 23.4 Å². The molecule has 1 aromatic heterocycles. The molecule has 0 atom stereocenters. The van der Waals surface area contributed by atoms with Crippen LogP contribution in [0.3, 0.4) is 0 Å². The third kappa shape index (κ3) is 4.56.